The average molecular weight is 361 g/mol. The lowest BCUT2D eigenvalue weighted by molar-refractivity contribution is -0.384. The van der Waals surface area contributed by atoms with Crippen LogP contribution in [0.15, 0.2) is 18.2 Å². The quantitative estimate of drug-likeness (QED) is 0.642. The largest absolute Gasteiger partial charge is 0.444 e. The summed E-state index contributed by atoms with van der Waals surface area (Å²) in [6.07, 6.45) is 1.34. The van der Waals surface area contributed by atoms with E-state index in [0.29, 0.717) is 23.5 Å². The third-order valence-corrected chi connectivity index (χ3v) is 4.11. The minimum atomic E-state index is -0.536. The lowest BCUT2D eigenvalue weighted by Crippen LogP contribution is -2.49. The van der Waals surface area contributed by atoms with Gasteiger partial charge >= 0.3 is 6.09 Å². The molecule has 1 aliphatic rings. The average Bonchev–Trinajstić information content (AvgIpc) is 2.96. The molecule has 1 aliphatic heterocycles. The molecule has 2 aromatic rings. The van der Waals surface area contributed by atoms with Gasteiger partial charge in [0.15, 0.2) is 0 Å². The molecule has 0 saturated carbocycles. The molecule has 140 valence electrons. The van der Waals surface area contributed by atoms with Crippen molar-refractivity contribution in [1.29, 1.82) is 0 Å². The zero-order chi connectivity index (χ0) is 18.9. The van der Waals surface area contributed by atoms with Crippen LogP contribution in [0.2, 0.25) is 0 Å². The molecule has 0 radical (unpaired) electrons. The summed E-state index contributed by atoms with van der Waals surface area (Å²) in [7, 11) is 0. The van der Waals surface area contributed by atoms with Crippen molar-refractivity contribution in [2.24, 2.45) is 0 Å². The van der Waals surface area contributed by atoms with Crippen molar-refractivity contribution in [2.45, 2.75) is 45.3 Å². The normalized spacial score (nSPS) is 18.0. The number of aromatic amines is 1. The number of amides is 1. The number of nitrogens with one attached hydrogen (secondary N) is 2. The molecule has 1 aromatic heterocycles. The number of nitro benzene ring substituents is 1. The maximum Gasteiger partial charge on any atom is 0.407 e. The van der Waals surface area contributed by atoms with Crippen LogP contribution in [0.3, 0.4) is 0 Å². The van der Waals surface area contributed by atoms with Gasteiger partial charge in [-0.1, -0.05) is 0 Å². The number of nitrogens with zero attached hydrogens (tertiary/aromatic N) is 3. The third kappa shape index (κ3) is 4.22. The molecule has 2 N–H and O–H groups in total. The number of alkyl carbamates (subject to hydrolysis) is 1. The fourth-order valence-electron chi connectivity index (χ4n) is 3.01. The van der Waals surface area contributed by atoms with Crippen LogP contribution in [0.25, 0.3) is 11.0 Å². The number of benzene rings is 1. The molecular formula is C17H23N5O4. The van der Waals surface area contributed by atoms with Crippen molar-refractivity contribution in [3.05, 3.63) is 28.3 Å². The Morgan fingerprint density at radius 2 is 2.23 bits per heavy atom. The highest BCUT2D eigenvalue weighted by molar-refractivity contribution is 5.80. The number of carbonyl (C=O) groups is 1. The topological polar surface area (TPSA) is 113 Å². The van der Waals surface area contributed by atoms with Crippen molar-refractivity contribution < 1.29 is 14.5 Å². The van der Waals surface area contributed by atoms with Crippen molar-refractivity contribution in [1.82, 2.24) is 15.3 Å². The van der Waals surface area contributed by atoms with Crippen LogP contribution in [0.4, 0.5) is 16.4 Å². The maximum absolute atomic E-state index is 12.0. The molecule has 2 heterocycles. The van der Waals surface area contributed by atoms with Gasteiger partial charge in [-0.15, -0.1) is 0 Å². The summed E-state index contributed by atoms with van der Waals surface area (Å²) in [6.45, 7) is 6.88. The van der Waals surface area contributed by atoms with Gasteiger partial charge in [0.05, 0.1) is 16.0 Å². The summed E-state index contributed by atoms with van der Waals surface area (Å²) < 4.78 is 5.31. The molecule has 1 aromatic carbocycles. The van der Waals surface area contributed by atoms with Crippen molar-refractivity contribution >= 4 is 28.8 Å². The lowest BCUT2D eigenvalue weighted by atomic mass is 10.1. The number of fused-ring (bicyclic) bond motifs is 1. The first-order chi connectivity index (χ1) is 12.2. The van der Waals surface area contributed by atoms with E-state index >= 15 is 0 Å². The lowest BCUT2D eigenvalue weighted by Gasteiger charge is -2.33. The van der Waals surface area contributed by atoms with Gasteiger partial charge in [-0.05, 0) is 39.7 Å². The Bertz CT molecular complexity index is 826. The van der Waals surface area contributed by atoms with Crippen LogP contribution < -0.4 is 10.2 Å². The first kappa shape index (κ1) is 18.0. The van der Waals surface area contributed by atoms with E-state index in [4.69, 9.17) is 4.74 Å². The van der Waals surface area contributed by atoms with Crippen LogP contribution in [0, 0.1) is 10.1 Å². The Balaban J connectivity index is 1.70. The van der Waals surface area contributed by atoms with Crippen molar-refractivity contribution in [3.63, 3.8) is 0 Å². The number of H-pyrrole nitrogens is 1. The van der Waals surface area contributed by atoms with E-state index in [-0.39, 0.29) is 11.7 Å². The number of anilines is 1. The van der Waals surface area contributed by atoms with Crippen LogP contribution in [-0.4, -0.2) is 45.7 Å². The molecule has 1 amide bonds. The van der Waals surface area contributed by atoms with Gasteiger partial charge < -0.3 is 19.9 Å². The maximum atomic E-state index is 12.0. The van der Waals surface area contributed by atoms with Crippen molar-refractivity contribution in [2.75, 3.05) is 18.0 Å². The van der Waals surface area contributed by atoms with Gasteiger partial charge in [-0.2, -0.15) is 0 Å². The molecule has 3 rings (SSSR count). The number of nitro groups is 1. The van der Waals surface area contributed by atoms with E-state index in [2.05, 4.69) is 15.3 Å². The third-order valence-electron chi connectivity index (χ3n) is 4.11. The predicted octanol–water partition coefficient (Wildman–Crippen LogP) is 2.96. The first-order valence-electron chi connectivity index (χ1n) is 8.60. The summed E-state index contributed by atoms with van der Waals surface area (Å²) in [4.78, 5) is 32.1. The minimum Gasteiger partial charge on any atom is -0.444 e. The number of hydrogen-bond donors (Lipinski definition) is 2. The van der Waals surface area contributed by atoms with Gasteiger partial charge in [-0.3, -0.25) is 10.1 Å². The highest BCUT2D eigenvalue weighted by Gasteiger charge is 2.25. The monoisotopic (exact) mass is 361 g/mol. The second-order valence-corrected chi connectivity index (χ2v) is 7.45. The first-order valence-corrected chi connectivity index (χ1v) is 8.60. The second kappa shape index (κ2) is 6.81. The van der Waals surface area contributed by atoms with E-state index in [0.717, 1.165) is 19.4 Å². The fraction of sp³-hybridized carbons (Fsp3) is 0.529. The Morgan fingerprint density at radius 1 is 1.46 bits per heavy atom. The smallest absolute Gasteiger partial charge is 0.407 e. The Kier molecular flexibility index (Phi) is 4.71. The molecule has 26 heavy (non-hydrogen) atoms. The molecule has 1 atom stereocenters. The number of ether oxygens (including phenoxy) is 1. The Hall–Kier alpha value is -2.84. The second-order valence-electron chi connectivity index (χ2n) is 7.45. The van der Waals surface area contributed by atoms with E-state index < -0.39 is 16.6 Å². The summed E-state index contributed by atoms with van der Waals surface area (Å²) >= 11 is 0. The van der Waals surface area contributed by atoms with Gasteiger partial charge in [0, 0.05) is 31.3 Å². The zero-order valence-electron chi connectivity index (χ0n) is 15.1. The van der Waals surface area contributed by atoms with Crippen LogP contribution in [-0.2, 0) is 4.74 Å². The standard InChI is InChI=1S/C17H23N5O4/c1-17(2,3)26-16(23)18-11-5-4-8-21(10-11)15-19-13-7-6-12(22(24)25)9-14(13)20-15/h6-7,9,11H,4-5,8,10H2,1-3H3,(H,18,23)(H,19,20)/t11-/m1/s1. The zero-order valence-corrected chi connectivity index (χ0v) is 15.1. The summed E-state index contributed by atoms with van der Waals surface area (Å²) in [5.41, 5.74) is 0.784. The highest BCUT2D eigenvalue weighted by Crippen LogP contribution is 2.24. The van der Waals surface area contributed by atoms with E-state index in [1.54, 1.807) is 6.07 Å². The number of aromatic nitrogens is 2. The van der Waals surface area contributed by atoms with Gasteiger partial charge in [0.1, 0.15) is 5.60 Å². The molecule has 1 saturated heterocycles. The fourth-order valence-corrected chi connectivity index (χ4v) is 3.01. The molecular weight excluding hydrogens is 338 g/mol. The molecule has 9 heteroatoms. The summed E-state index contributed by atoms with van der Waals surface area (Å²) in [6, 6.07) is 4.51. The molecule has 0 bridgehead atoms. The molecule has 0 spiro atoms. The predicted molar refractivity (Wildman–Crippen MR) is 97.4 cm³/mol. The molecule has 1 fully saturated rings. The molecule has 0 unspecified atom stereocenters. The number of hydrogen-bond acceptors (Lipinski definition) is 6. The SMILES string of the molecule is CC(C)(C)OC(=O)N[C@@H]1CCCN(c2nc3ccc([N+](=O)[O-])cc3[nH]2)C1. The molecule has 0 aliphatic carbocycles. The summed E-state index contributed by atoms with van der Waals surface area (Å²) in [5, 5.41) is 13.8. The molecule has 9 nitrogen and oxygen atoms in total. The van der Waals surface area contributed by atoms with Crippen LogP contribution >= 0.6 is 0 Å². The van der Waals surface area contributed by atoms with E-state index in [9.17, 15) is 14.9 Å². The van der Waals surface area contributed by atoms with Gasteiger partial charge in [-0.25, -0.2) is 9.78 Å². The van der Waals surface area contributed by atoms with Crippen molar-refractivity contribution in [3.8, 4) is 0 Å². The van der Waals surface area contributed by atoms with E-state index in [1.807, 2.05) is 25.7 Å². The Labute approximate surface area is 150 Å². The minimum absolute atomic E-state index is 0.0239. The van der Waals surface area contributed by atoms with E-state index in [1.165, 1.54) is 12.1 Å². The van der Waals surface area contributed by atoms with Gasteiger partial charge in [0.25, 0.3) is 5.69 Å². The number of non-ortho nitro benzene ring substituents is 1. The van der Waals surface area contributed by atoms with Crippen LogP contribution in [0.5, 0.6) is 0 Å². The highest BCUT2D eigenvalue weighted by atomic mass is 16.6. The van der Waals surface area contributed by atoms with Crippen LogP contribution in [0.1, 0.15) is 33.6 Å². The Morgan fingerprint density at radius 3 is 2.92 bits per heavy atom. The number of rotatable bonds is 3. The number of carbonyl (C=O) groups excluding carboxylic acids is 1. The number of imidazole rings is 1. The summed E-state index contributed by atoms with van der Waals surface area (Å²) in [5.74, 6) is 0.649. The number of piperidine rings is 1. The van der Waals surface area contributed by atoms with Gasteiger partial charge in [0.2, 0.25) is 5.95 Å².